The van der Waals surface area contributed by atoms with E-state index in [9.17, 15) is 18.0 Å². The van der Waals surface area contributed by atoms with Gasteiger partial charge in [-0.2, -0.15) is 4.31 Å². The van der Waals surface area contributed by atoms with Crippen molar-refractivity contribution in [3.8, 4) is 0 Å². The van der Waals surface area contributed by atoms with Crippen molar-refractivity contribution in [3.63, 3.8) is 0 Å². The second-order valence-corrected chi connectivity index (χ2v) is 10.2. The minimum absolute atomic E-state index is 0.0299. The molecule has 0 aliphatic carbocycles. The Bertz CT molecular complexity index is 1110. The molecule has 0 bridgehead atoms. The van der Waals surface area contributed by atoms with Crippen LogP contribution >= 0.6 is 0 Å². The number of amides is 1. The fourth-order valence-corrected chi connectivity index (χ4v) is 5.55. The summed E-state index contributed by atoms with van der Waals surface area (Å²) in [4.78, 5) is 28.9. The molecule has 0 spiro atoms. The number of esters is 1. The van der Waals surface area contributed by atoms with Crippen LogP contribution in [0.15, 0.2) is 59.5 Å². The molecule has 10 heteroatoms. The Hall–Kier alpha value is -2.95. The van der Waals surface area contributed by atoms with Crippen molar-refractivity contribution in [2.24, 2.45) is 0 Å². The summed E-state index contributed by atoms with van der Waals surface area (Å²) < 4.78 is 38.5. The molecule has 2 aliphatic rings. The third-order valence-corrected chi connectivity index (χ3v) is 7.92. The van der Waals surface area contributed by atoms with Crippen LogP contribution in [0.4, 0.5) is 5.69 Å². The first-order chi connectivity index (χ1) is 16.4. The minimum Gasteiger partial charge on any atom is -0.449 e. The summed E-state index contributed by atoms with van der Waals surface area (Å²) in [7, 11) is -3.78. The number of ether oxygens (including phenoxy) is 2. The second kappa shape index (κ2) is 10.5. The maximum Gasteiger partial charge on any atom is 0.338 e. The minimum atomic E-state index is -3.78. The third-order valence-electron chi connectivity index (χ3n) is 6.02. The van der Waals surface area contributed by atoms with Gasteiger partial charge < -0.3 is 19.3 Å². The first-order valence-corrected chi connectivity index (χ1v) is 12.8. The molecule has 2 saturated heterocycles. The van der Waals surface area contributed by atoms with Crippen molar-refractivity contribution >= 4 is 27.6 Å². The van der Waals surface area contributed by atoms with Gasteiger partial charge in [0.25, 0.3) is 5.91 Å². The van der Waals surface area contributed by atoms with Gasteiger partial charge in [-0.05, 0) is 37.3 Å². The lowest BCUT2D eigenvalue weighted by molar-refractivity contribution is -0.143. The molecule has 0 radical (unpaired) electrons. The zero-order chi connectivity index (χ0) is 24.1. The Morgan fingerprint density at radius 3 is 2.26 bits per heavy atom. The fraction of sp³-hybridized carbons (Fsp3) is 0.417. The number of hydrogen-bond donors (Lipinski definition) is 0. The van der Waals surface area contributed by atoms with Crippen molar-refractivity contribution in [2.75, 3.05) is 57.4 Å². The van der Waals surface area contributed by atoms with E-state index in [1.165, 1.54) is 35.5 Å². The van der Waals surface area contributed by atoms with E-state index in [0.29, 0.717) is 52.5 Å². The first-order valence-electron chi connectivity index (χ1n) is 11.3. The molecule has 0 saturated carbocycles. The van der Waals surface area contributed by atoms with E-state index < -0.39 is 22.1 Å². The molecule has 34 heavy (non-hydrogen) atoms. The van der Waals surface area contributed by atoms with E-state index in [-0.39, 0.29) is 16.4 Å². The molecule has 182 valence electrons. The molecular weight excluding hydrogens is 458 g/mol. The van der Waals surface area contributed by atoms with Crippen LogP contribution in [0.3, 0.4) is 0 Å². The van der Waals surface area contributed by atoms with Gasteiger partial charge >= 0.3 is 5.97 Å². The van der Waals surface area contributed by atoms with Gasteiger partial charge in [-0.3, -0.25) is 4.79 Å². The molecule has 0 aromatic heterocycles. The second-order valence-electron chi connectivity index (χ2n) is 8.24. The van der Waals surface area contributed by atoms with Crippen LogP contribution in [0.1, 0.15) is 17.3 Å². The highest BCUT2D eigenvalue weighted by molar-refractivity contribution is 7.89. The van der Waals surface area contributed by atoms with Gasteiger partial charge in [0, 0.05) is 45.0 Å². The average molecular weight is 488 g/mol. The quantitative estimate of drug-likeness (QED) is 0.571. The van der Waals surface area contributed by atoms with Gasteiger partial charge in [0.05, 0.1) is 23.7 Å². The molecule has 4 rings (SSSR count). The Labute approximate surface area is 199 Å². The number of sulfonamides is 1. The van der Waals surface area contributed by atoms with E-state index in [4.69, 9.17) is 9.47 Å². The smallest absolute Gasteiger partial charge is 0.338 e. The predicted molar refractivity (Wildman–Crippen MR) is 126 cm³/mol. The van der Waals surface area contributed by atoms with E-state index in [1.54, 1.807) is 4.90 Å². The largest absolute Gasteiger partial charge is 0.449 e. The molecule has 2 aromatic rings. The maximum absolute atomic E-state index is 13.2. The van der Waals surface area contributed by atoms with E-state index in [0.717, 1.165) is 5.69 Å². The Morgan fingerprint density at radius 2 is 1.59 bits per heavy atom. The molecule has 2 aliphatic heterocycles. The normalized spacial score (nSPS) is 18.4. The predicted octanol–water partition coefficient (Wildman–Crippen LogP) is 1.60. The van der Waals surface area contributed by atoms with Crippen LogP contribution in [0.5, 0.6) is 0 Å². The number of benzene rings is 2. The van der Waals surface area contributed by atoms with Crippen molar-refractivity contribution in [1.29, 1.82) is 0 Å². The van der Waals surface area contributed by atoms with Crippen LogP contribution in [0.2, 0.25) is 0 Å². The SMILES string of the molecule is CC(OC(=O)c1cccc(S(=O)(=O)N2CCN(c3ccccc3)CC2)c1)C(=O)N1CCOCC1. The van der Waals surface area contributed by atoms with E-state index in [2.05, 4.69) is 4.90 Å². The number of anilines is 1. The Morgan fingerprint density at radius 1 is 0.912 bits per heavy atom. The Balaban J connectivity index is 1.40. The standard InChI is InChI=1S/C24H29N3O6S/c1-19(23(28)26-14-16-32-17-15-26)33-24(29)20-6-5-9-22(18-20)34(30,31)27-12-10-25(11-13-27)21-7-3-2-4-8-21/h2-9,18-19H,10-17H2,1H3. The fourth-order valence-electron chi connectivity index (χ4n) is 4.08. The lowest BCUT2D eigenvalue weighted by atomic mass is 10.2. The number of hydrogen-bond acceptors (Lipinski definition) is 7. The van der Waals surface area contributed by atoms with E-state index in [1.807, 2.05) is 30.3 Å². The maximum atomic E-state index is 13.2. The molecule has 2 fully saturated rings. The zero-order valence-corrected chi connectivity index (χ0v) is 19.9. The summed E-state index contributed by atoms with van der Waals surface area (Å²) in [6.07, 6.45) is -0.975. The highest BCUT2D eigenvalue weighted by Gasteiger charge is 2.30. The monoisotopic (exact) mass is 487 g/mol. The molecule has 1 unspecified atom stereocenters. The van der Waals surface area contributed by atoms with Gasteiger partial charge in [0.15, 0.2) is 6.10 Å². The molecule has 0 N–H and O–H groups in total. The summed E-state index contributed by atoms with van der Waals surface area (Å²) in [6, 6.07) is 15.6. The molecular formula is C24H29N3O6S. The van der Waals surface area contributed by atoms with Crippen LogP contribution in [-0.2, 0) is 24.3 Å². The number of para-hydroxylation sites is 1. The number of nitrogens with zero attached hydrogens (tertiary/aromatic N) is 3. The molecule has 1 atom stereocenters. The first kappa shape index (κ1) is 24.2. The summed E-state index contributed by atoms with van der Waals surface area (Å²) in [6.45, 7) is 5.16. The summed E-state index contributed by atoms with van der Waals surface area (Å²) in [5.74, 6) is -1.03. The van der Waals surface area contributed by atoms with Crippen molar-refractivity contribution < 1.29 is 27.5 Å². The molecule has 2 heterocycles. The summed E-state index contributed by atoms with van der Waals surface area (Å²) >= 11 is 0. The summed E-state index contributed by atoms with van der Waals surface area (Å²) in [5.41, 5.74) is 1.15. The van der Waals surface area contributed by atoms with Gasteiger partial charge in [-0.15, -0.1) is 0 Å². The Kier molecular flexibility index (Phi) is 7.50. The van der Waals surface area contributed by atoms with Crippen LogP contribution in [0, 0.1) is 0 Å². The lowest BCUT2D eigenvalue weighted by Crippen LogP contribution is -2.48. The van der Waals surface area contributed by atoms with Gasteiger partial charge in [-0.25, -0.2) is 13.2 Å². The van der Waals surface area contributed by atoms with E-state index >= 15 is 0 Å². The number of carbonyl (C=O) groups is 2. The third kappa shape index (κ3) is 5.40. The van der Waals surface area contributed by atoms with Crippen molar-refractivity contribution in [2.45, 2.75) is 17.9 Å². The number of rotatable bonds is 6. The number of carbonyl (C=O) groups excluding carboxylic acids is 2. The molecule has 2 aromatic carbocycles. The highest BCUT2D eigenvalue weighted by atomic mass is 32.2. The van der Waals surface area contributed by atoms with Crippen molar-refractivity contribution in [3.05, 3.63) is 60.2 Å². The zero-order valence-electron chi connectivity index (χ0n) is 19.1. The van der Waals surface area contributed by atoms with Gasteiger partial charge in [0.1, 0.15) is 0 Å². The number of piperazine rings is 1. The van der Waals surface area contributed by atoms with Gasteiger partial charge in [-0.1, -0.05) is 24.3 Å². The number of morpholine rings is 1. The van der Waals surface area contributed by atoms with Crippen LogP contribution in [0.25, 0.3) is 0 Å². The molecule has 9 nitrogen and oxygen atoms in total. The average Bonchev–Trinajstić information content (AvgIpc) is 2.89. The highest BCUT2D eigenvalue weighted by Crippen LogP contribution is 2.22. The van der Waals surface area contributed by atoms with Crippen LogP contribution < -0.4 is 4.90 Å². The lowest BCUT2D eigenvalue weighted by Gasteiger charge is -2.35. The summed E-state index contributed by atoms with van der Waals surface area (Å²) in [5, 5.41) is 0. The van der Waals surface area contributed by atoms with Gasteiger partial charge in [0.2, 0.25) is 10.0 Å². The van der Waals surface area contributed by atoms with Crippen molar-refractivity contribution in [1.82, 2.24) is 9.21 Å². The molecule has 1 amide bonds. The topological polar surface area (TPSA) is 96.5 Å². The van der Waals surface area contributed by atoms with Crippen LogP contribution in [-0.4, -0.2) is 88.1 Å².